The first-order valence-corrected chi connectivity index (χ1v) is 13.1. The van der Waals surface area contributed by atoms with Gasteiger partial charge in [0.25, 0.3) is 5.79 Å². The third-order valence-corrected chi connectivity index (χ3v) is 7.43. The Morgan fingerprint density at radius 1 is 0.864 bits per heavy atom. The molecule has 0 amide bonds. The number of aliphatic hydroxyl groups excluding tert-OH is 8. The molecule has 3 heterocycles. The van der Waals surface area contributed by atoms with Crippen molar-refractivity contribution in [3.63, 3.8) is 0 Å². The van der Waals surface area contributed by atoms with E-state index in [1.807, 2.05) is 0 Å². The Bertz CT molecular complexity index is 1550. The molecule has 17 heteroatoms. The highest BCUT2D eigenvalue weighted by molar-refractivity contribution is 5.95. The number of phenols is 3. The molecule has 44 heavy (non-hydrogen) atoms. The summed E-state index contributed by atoms with van der Waals surface area (Å²) in [5.74, 6) is -7.12. The number of ether oxygens (including phenoxy) is 4. The largest absolute Gasteiger partial charge is 0.508 e. The van der Waals surface area contributed by atoms with Gasteiger partial charge in [0.2, 0.25) is 23.5 Å². The molecule has 0 aliphatic carbocycles. The van der Waals surface area contributed by atoms with Gasteiger partial charge in [0.1, 0.15) is 66.2 Å². The minimum atomic E-state index is -2.62. The van der Waals surface area contributed by atoms with Gasteiger partial charge in [-0.3, -0.25) is 4.79 Å². The van der Waals surface area contributed by atoms with Crippen molar-refractivity contribution in [1.82, 2.24) is 0 Å². The quantitative estimate of drug-likeness (QED) is 0.124. The molecule has 2 fully saturated rings. The van der Waals surface area contributed by atoms with E-state index in [2.05, 4.69) is 0 Å². The van der Waals surface area contributed by atoms with Crippen LogP contribution in [0.1, 0.15) is 0 Å². The van der Waals surface area contributed by atoms with E-state index >= 15 is 0 Å². The third kappa shape index (κ3) is 5.28. The van der Waals surface area contributed by atoms with E-state index in [0.29, 0.717) is 0 Å². The van der Waals surface area contributed by atoms with Crippen molar-refractivity contribution in [3.05, 3.63) is 40.6 Å². The second-order valence-corrected chi connectivity index (χ2v) is 10.3. The zero-order valence-corrected chi connectivity index (χ0v) is 22.5. The highest BCUT2D eigenvalue weighted by Crippen LogP contribution is 2.52. The molecule has 0 spiro atoms. The molecular weight excluding hydrogens is 596 g/mol. The van der Waals surface area contributed by atoms with E-state index in [0.717, 1.165) is 6.07 Å². The average Bonchev–Trinajstić information content (AvgIpc) is 3.01. The first kappa shape index (κ1) is 31.7. The summed E-state index contributed by atoms with van der Waals surface area (Å²) in [4.78, 5) is 13.4. The van der Waals surface area contributed by atoms with Gasteiger partial charge < -0.3 is 79.5 Å². The Morgan fingerprint density at radius 3 is 2.18 bits per heavy atom. The maximum atomic E-state index is 13.4. The minimum Gasteiger partial charge on any atom is -0.508 e. The van der Waals surface area contributed by atoms with Crippen LogP contribution >= 0.6 is 0 Å². The maximum Gasteiger partial charge on any atom is 0.263 e. The summed E-state index contributed by atoms with van der Waals surface area (Å²) < 4.78 is 27.5. The Labute approximate surface area is 246 Å². The van der Waals surface area contributed by atoms with Crippen LogP contribution in [0.25, 0.3) is 22.3 Å². The molecule has 11 N–H and O–H groups in total. The molecule has 3 aromatic rings. The van der Waals surface area contributed by atoms with E-state index in [-0.39, 0.29) is 17.1 Å². The van der Waals surface area contributed by atoms with E-state index in [1.165, 1.54) is 24.3 Å². The second-order valence-electron chi connectivity index (χ2n) is 10.3. The molecule has 0 saturated carbocycles. The molecule has 2 aliphatic heterocycles. The Hall–Kier alpha value is -3.75. The number of fused-ring (bicyclic) bond motifs is 1. The third-order valence-electron chi connectivity index (χ3n) is 7.43. The second kappa shape index (κ2) is 12.0. The predicted octanol–water partition coefficient (Wildman–Crippen LogP) is -3.06. The fourth-order valence-electron chi connectivity index (χ4n) is 4.88. The molecule has 1 aromatic heterocycles. The van der Waals surface area contributed by atoms with Crippen LogP contribution in [0.3, 0.4) is 0 Å². The maximum absolute atomic E-state index is 13.4. The van der Waals surface area contributed by atoms with Crippen LogP contribution in [0.15, 0.2) is 39.5 Å². The van der Waals surface area contributed by atoms with Crippen LogP contribution < -0.4 is 14.9 Å². The highest BCUT2D eigenvalue weighted by atomic mass is 16.7. The lowest BCUT2D eigenvalue weighted by atomic mass is 9.97. The molecule has 240 valence electrons. The Balaban J connectivity index is 1.71. The minimum absolute atomic E-state index is 0.108. The van der Waals surface area contributed by atoms with Crippen molar-refractivity contribution in [2.45, 2.75) is 54.8 Å². The van der Waals surface area contributed by atoms with Crippen LogP contribution in [-0.2, 0) is 9.47 Å². The fraction of sp³-hybridized carbons (Fsp3) is 0.444. The summed E-state index contributed by atoms with van der Waals surface area (Å²) >= 11 is 0. The number of hydrogen-bond acceptors (Lipinski definition) is 17. The molecule has 2 saturated heterocycles. The molecular formula is C27H30O17. The first-order chi connectivity index (χ1) is 20.8. The number of aliphatic hydroxyl groups is 8. The van der Waals surface area contributed by atoms with E-state index in [1.54, 1.807) is 0 Å². The molecule has 0 radical (unpaired) electrons. The number of hydrogen-bond donors (Lipinski definition) is 11. The standard InChI is InChI=1S/C27H30O17/c28-6-14-17(34)19(36)20(37)26(42-14)43-24-21(38)23(44-27(8-29)25(39)16(33)12(32)7-40-27)18(35)15-11(31)5-13(41-22(15)24)9-1-3-10(30)4-2-9/h1-5,12,14,16-17,19-20,25-26,28-30,32-39H,6-8H2/t12-,14-,16-,17-,19-,20-,25+,26+,27+/m1/s1. The van der Waals surface area contributed by atoms with Crippen molar-refractivity contribution in [2.24, 2.45) is 0 Å². The van der Waals surface area contributed by atoms with Crippen molar-refractivity contribution in [3.8, 4) is 40.1 Å². The Kier molecular flexibility index (Phi) is 8.62. The average molecular weight is 627 g/mol. The number of phenolic OH excluding ortho intramolecular Hbond substituents is 3. The van der Waals surface area contributed by atoms with E-state index in [4.69, 9.17) is 23.4 Å². The first-order valence-electron chi connectivity index (χ1n) is 13.1. The zero-order chi connectivity index (χ0) is 32.1. The summed E-state index contributed by atoms with van der Waals surface area (Å²) in [7, 11) is 0. The van der Waals surface area contributed by atoms with Crippen molar-refractivity contribution < 1.29 is 79.5 Å². The van der Waals surface area contributed by atoms with E-state index < -0.39 is 114 Å². The van der Waals surface area contributed by atoms with Gasteiger partial charge in [0, 0.05) is 11.6 Å². The zero-order valence-electron chi connectivity index (χ0n) is 22.5. The molecule has 17 nitrogen and oxygen atoms in total. The van der Waals surface area contributed by atoms with Gasteiger partial charge in [0.15, 0.2) is 16.8 Å². The molecule has 0 unspecified atom stereocenters. The van der Waals surface area contributed by atoms with Crippen LogP contribution in [-0.4, -0.2) is 131 Å². The summed E-state index contributed by atoms with van der Waals surface area (Å²) in [5, 5.41) is 113. The fourth-order valence-corrected chi connectivity index (χ4v) is 4.88. The van der Waals surface area contributed by atoms with Crippen LogP contribution in [0.2, 0.25) is 0 Å². The van der Waals surface area contributed by atoms with Gasteiger partial charge in [0.05, 0.1) is 13.2 Å². The topological polar surface area (TPSA) is 290 Å². The van der Waals surface area contributed by atoms with Crippen LogP contribution in [0, 0.1) is 0 Å². The van der Waals surface area contributed by atoms with Gasteiger partial charge in [-0.05, 0) is 24.3 Å². The molecule has 9 atom stereocenters. The summed E-state index contributed by atoms with van der Waals surface area (Å²) in [6.07, 6.45) is -14.9. The smallest absolute Gasteiger partial charge is 0.263 e. The van der Waals surface area contributed by atoms with Gasteiger partial charge in [-0.25, -0.2) is 0 Å². The lowest BCUT2D eigenvalue weighted by Crippen LogP contribution is -2.65. The van der Waals surface area contributed by atoms with E-state index in [9.17, 15) is 61.0 Å². The number of aromatic hydroxyl groups is 3. The van der Waals surface area contributed by atoms with Gasteiger partial charge >= 0.3 is 0 Å². The highest BCUT2D eigenvalue weighted by Gasteiger charge is 2.53. The lowest BCUT2D eigenvalue weighted by Gasteiger charge is -2.43. The monoisotopic (exact) mass is 626 g/mol. The van der Waals surface area contributed by atoms with Gasteiger partial charge in [-0.15, -0.1) is 0 Å². The predicted molar refractivity (Wildman–Crippen MR) is 142 cm³/mol. The Morgan fingerprint density at radius 2 is 1.55 bits per heavy atom. The lowest BCUT2D eigenvalue weighted by molar-refractivity contribution is -0.319. The number of benzene rings is 2. The summed E-state index contributed by atoms with van der Waals surface area (Å²) in [6, 6.07) is 6.25. The van der Waals surface area contributed by atoms with Crippen molar-refractivity contribution in [1.29, 1.82) is 0 Å². The molecule has 2 aliphatic rings. The molecule has 2 aromatic carbocycles. The van der Waals surface area contributed by atoms with Gasteiger partial charge in [-0.1, -0.05) is 0 Å². The SMILES string of the molecule is O=c1cc(-c2ccc(O)cc2)oc2c(O[C@@H]3O[C@H](CO)[C@@H](O)[C@@H](O)[C@H]3O)c(O)c(O[C@]3(CO)OC[C@@H](O)[C@@H](O)[C@@H]3O)c(O)c12. The van der Waals surface area contributed by atoms with Gasteiger partial charge in [-0.2, -0.15) is 0 Å². The van der Waals surface area contributed by atoms with Crippen molar-refractivity contribution >= 4 is 11.0 Å². The summed E-state index contributed by atoms with van der Waals surface area (Å²) in [5.41, 5.74) is -1.39. The van der Waals surface area contributed by atoms with Crippen molar-refractivity contribution in [2.75, 3.05) is 19.8 Å². The summed E-state index contributed by atoms with van der Waals surface area (Å²) in [6.45, 7) is -2.74. The molecule has 5 rings (SSSR count). The number of rotatable bonds is 7. The molecule has 0 bridgehead atoms. The van der Waals surface area contributed by atoms with Crippen LogP contribution in [0.5, 0.6) is 28.7 Å². The van der Waals surface area contributed by atoms with Crippen LogP contribution in [0.4, 0.5) is 0 Å². The normalized spacial score (nSPS) is 32.5.